The fourth-order valence-electron chi connectivity index (χ4n) is 1.77. The molecule has 1 heterocycles. The van der Waals surface area contributed by atoms with Gasteiger partial charge in [0.1, 0.15) is 0 Å². The minimum atomic E-state index is -0.105. The Kier molecular flexibility index (Phi) is 2.41. The second kappa shape index (κ2) is 3.73. The van der Waals surface area contributed by atoms with Gasteiger partial charge in [0.05, 0.1) is 11.4 Å². The summed E-state index contributed by atoms with van der Waals surface area (Å²) in [5, 5.41) is 2.78. The van der Waals surface area contributed by atoms with Crippen LogP contribution in [0.15, 0.2) is 24.3 Å². The Morgan fingerprint density at radius 1 is 1.47 bits per heavy atom. The van der Waals surface area contributed by atoms with E-state index in [1.54, 1.807) is 11.0 Å². The van der Waals surface area contributed by atoms with E-state index < -0.39 is 0 Å². The van der Waals surface area contributed by atoms with E-state index in [1.807, 2.05) is 25.1 Å². The van der Waals surface area contributed by atoms with E-state index >= 15 is 0 Å². The van der Waals surface area contributed by atoms with Gasteiger partial charge in [0.15, 0.2) is 0 Å². The molecule has 0 spiro atoms. The summed E-state index contributed by atoms with van der Waals surface area (Å²) in [7, 11) is 0. The van der Waals surface area contributed by atoms with Crippen LogP contribution in [0.2, 0.25) is 0 Å². The Labute approximate surface area is 87.9 Å². The molecule has 0 radical (unpaired) electrons. The van der Waals surface area contributed by atoms with Gasteiger partial charge in [-0.15, -0.1) is 0 Å². The third-order valence-corrected chi connectivity index (χ3v) is 2.53. The summed E-state index contributed by atoms with van der Waals surface area (Å²) in [4.78, 5) is 24.0. The molecule has 2 amide bonds. The molecule has 0 saturated heterocycles. The van der Waals surface area contributed by atoms with Crippen molar-refractivity contribution in [3.8, 4) is 0 Å². The molecule has 0 aliphatic carbocycles. The van der Waals surface area contributed by atoms with Crippen LogP contribution in [0.3, 0.4) is 0 Å². The molecule has 1 aromatic rings. The number of nitrogens with one attached hydrogen (secondary N) is 1. The summed E-state index contributed by atoms with van der Waals surface area (Å²) in [5.41, 5.74) is 1.45. The summed E-state index contributed by atoms with van der Waals surface area (Å²) in [6, 6.07) is 7.19. The lowest BCUT2D eigenvalue weighted by Crippen LogP contribution is -2.32. The number of para-hydroxylation sites is 2. The third-order valence-electron chi connectivity index (χ3n) is 2.53. The maximum Gasteiger partial charge on any atom is 0.226 e. The Morgan fingerprint density at radius 3 is 2.93 bits per heavy atom. The van der Waals surface area contributed by atoms with Crippen molar-refractivity contribution in [2.45, 2.75) is 19.4 Å². The number of carbonyl (C=O) groups excluding carboxylic acids is 2. The normalized spacial score (nSPS) is 20.2. The summed E-state index contributed by atoms with van der Waals surface area (Å²) < 4.78 is 0. The zero-order valence-electron chi connectivity index (χ0n) is 8.43. The summed E-state index contributed by atoms with van der Waals surface area (Å²) in [6.45, 7) is 1.86. The van der Waals surface area contributed by atoms with E-state index in [0.717, 1.165) is 12.1 Å². The first-order valence-corrected chi connectivity index (χ1v) is 4.85. The van der Waals surface area contributed by atoms with Gasteiger partial charge in [0.2, 0.25) is 12.3 Å². The van der Waals surface area contributed by atoms with Crippen LogP contribution in [0.4, 0.5) is 11.4 Å². The molecule has 1 N–H and O–H groups in total. The van der Waals surface area contributed by atoms with Gasteiger partial charge in [-0.05, 0) is 19.1 Å². The highest BCUT2D eigenvalue weighted by Crippen LogP contribution is 2.29. The van der Waals surface area contributed by atoms with Gasteiger partial charge in [-0.3, -0.25) is 9.59 Å². The van der Waals surface area contributed by atoms with E-state index in [2.05, 4.69) is 5.32 Å². The molecule has 1 aromatic carbocycles. The number of rotatable bonds is 1. The van der Waals surface area contributed by atoms with Crippen LogP contribution >= 0.6 is 0 Å². The topological polar surface area (TPSA) is 49.4 Å². The highest BCUT2D eigenvalue weighted by atomic mass is 16.2. The van der Waals surface area contributed by atoms with Gasteiger partial charge in [-0.25, -0.2) is 0 Å². The Bertz CT molecular complexity index is 403. The summed E-state index contributed by atoms with van der Waals surface area (Å²) >= 11 is 0. The number of carbonyl (C=O) groups is 2. The number of nitrogens with zero attached hydrogens (tertiary/aromatic N) is 1. The van der Waals surface area contributed by atoms with Crippen LogP contribution in [0.1, 0.15) is 13.3 Å². The van der Waals surface area contributed by atoms with Gasteiger partial charge in [-0.1, -0.05) is 12.1 Å². The highest BCUT2D eigenvalue weighted by Gasteiger charge is 2.23. The minimum Gasteiger partial charge on any atom is -0.324 e. The van der Waals surface area contributed by atoms with Crippen LogP contribution in [0.5, 0.6) is 0 Å². The number of hydrogen-bond acceptors (Lipinski definition) is 2. The fourth-order valence-corrected chi connectivity index (χ4v) is 1.77. The largest absolute Gasteiger partial charge is 0.324 e. The zero-order chi connectivity index (χ0) is 10.8. The molecule has 2 rings (SSSR count). The highest BCUT2D eigenvalue weighted by molar-refractivity contribution is 5.99. The summed E-state index contributed by atoms with van der Waals surface area (Å²) in [5.74, 6) is -0.0562. The van der Waals surface area contributed by atoms with Crippen molar-refractivity contribution < 1.29 is 9.59 Å². The Hall–Kier alpha value is -1.84. The first kappa shape index (κ1) is 9.71. The lowest BCUT2D eigenvalue weighted by molar-refractivity contribution is -0.116. The average molecular weight is 204 g/mol. The number of benzene rings is 1. The van der Waals surface area contributed by atoms with E-state index in [1.165, 1.54) is 0 Å². The van der Waals surface area contributed by atoms with Crippen molar-refractivity contribution in [3.05, 3.63) is 24.3 Å². The van der Waals surface area contributed by atoms with Gasteiger partial charge in [0, 0.05) is 12.5 Å². The molecular formula is C11H12N2O2. The van der Waals surface area contributed by atoms with Crippen molar-refractivity contribution >= 4 is 23.7 Å². The number of fused-ring (bicyclic) bond motifs is 1. The Balaban J connectivity index is 2.50. The smallest absolute Gasteiger partial charge is 0.226 e. The minimum absolute atomic E-state index is 0.0562. The molecule has 1 aliphatic rings. The molecule has 0 unspecified atom stereocenters. The molecule has 1 atom stereocenters. The molecule has 15 heavy (non-hydrogen) atoms. The molecule has 0 fully saturated rings. The van der Waals surface area contributed by atoms with Gasteiger partial charge >= 0.3 is 0 Å². The first-order valence-electron chi connectivity index (χ1n) is 4.85. The van der Waals surface area contributed by atoms with E-state index in [4.69, 9.17) is 0 Å². The second-order valence-electron chi connectivity index (χ2n) is 3.63. The maximum absolute atomic E-state index is 11.5. The predicted molar refractivity (Wildman–Crippen MR) is 57.7 cm³/mol. The first-order chi connectivity index (χ1) is 7.22. The van der Waals surface area contributed by atoms with Crippen LogP contribution < -0.4 is 10.2 Å². The van der Waals surface area contributed by atoms with Crippen LogP contribution in [-0.4, -0.2) is 18.4 Å². The van der Waals surface area contributed by atoms with Crippen LogP contribution in [-0.2, 0) is 9.59 Å². The average Bonchev–Trinajstić information content (AvgIpc) is 2.32. The second-order valence-corrected chi connectivity index (χ2v) is 3.63. The molecule has 78 valence electrons. The fraction of sp³-hybridized carbons (Fsp3) is 0.273. The third kappa shape index (κ3) is 1.70. The van der Waals surface area contributed by atoms with Gasteiger partial charge < -0.3 is 10.2 Å². The van der Waals surface area contributed by atoms with Crippen molar-refractivity contribution in [1.82, 2.24) is 0 Å². The molecule has 0 bridgehead atoms. The van der Waals surface area contributed by atoms with Gasteiger partial charge in [-0.2, -0.15) is 0 Å². The maximum atomic E-state index is 11.5. The van der Waals surface area contributed by atoms with Gasteiger partial charge in [0.25, 0.3) is 0 Å². The van der Waals surface area contributed by atoms with E-state index in [0.29, 0.717) is 12.1 Å². The Morgan fingerprint density at radius 2 is 2.20 bits per heavy atom. The molecular weight excluding hydrogens is 192 g/mol. The molecule has 1 aliphatic heterocycles. The molecule has 0 aromatic heterocycles. The zero-order valence-corrected chi connectivity index (χ0v) is 8.43. The standard InChI is InChI=1S/C11H12N2O2/c1-8-6-11(15)12-9-4-2-3-5-10(9)13(8)7-14/h2-5,7-8H,6H2,1H3,(H,12,15)/t8-/m0/s1. The monoisotopic (exact) mass is 204 g/mol. The number of hydrogen-bond donors (Lipinski definition) is 1. The van der Waals surface area contributed by atoms with Crippen LogP contribution in [0.25, 0.3) is 0 Å². The lowest BCUT2D eigenvalue weighted by Gasteiger charge is -2.22. The van der Waals surface area contributed by atoms with Crippen molar-refractivity contribution in [3.63, 3.8) is 0 Å². The molecule has 0 saturated carbocycles. The predicted octanol–water partition coefficient (Wildman–Crippen LogP) is 1.38. The SMILES string of the molecule is C[C@H]1CC(=O)Nc2ccccc2N1C=O. The number of anilines is 2. The van der Waals surface area contributed by atoms with Crippen LogP contribution in [0, 0.1) is 0 Å². The van der Waals surface area contributed by atoms with Crippen molar-refractivity contribution in [2.75, 3.05) is 10.2 Å². The van der Waals surface area contributed by atoms with E-state index in [9.17, 15) is 9.59 Å². The molecule has 4 heteroatoms. The molecule has 4 nitrogen and oxygen atoms in total. The quantitative estimate of drug-likeness (QED) is 0.702. The number of amides is 2. The van der Waals surface area contributed by atoms with Crippen molar-refractivity contribution in [1.29, 1.82) is 0 Å². The van der Waals surface area contributed by atoms with E-state index in [-0.39, 0.29) is 11.9 Å². The van der Waals surface area contributed by atoms with Crippen molar-refractivity contribution in [2.24, 2.45) is 0 Å². The lowest BCUT2D eigenvalue weighted by atomic mass is 10.2. The summed E-state index contributed by atoms with van der Waals surface area (Å²) in [6.07, 6.45) is 1.09.